The van der Waals surface area contributed by atoms with Crippen LogP contribution >= 0.6 is 15.9 Å². The van der Waals surface area contributed by atoms with Crippen molar-refractivity contribution in [1.29, 1.82) is 0 Å². The summed E-state index contributed by atoms with van der Waals surface area (Å²) < 4.78 is 3.24. The average molecular weight is 337 g/mol. The SMILES string of the molecule is Cc1cc(Br)nn1CC12CC3CC(C)(CC(C)(C3)C1)C2. The van der Waals surface area contributed by atoms with Gasteiger partial charge in [-0.1, -0.05) is 13.8 Å². The molecule has 0 spiro atoms. The van der Waals surface area contributed by atoms with Gasteiger partial charge in [0.05, 0.1) is 0 Å². The van der Waals surface area contributed by atoms with E-state index in [2.05, 4.69) is 52.5 Å². The molecule has 1 heterocycles. The Morgan fingerprint density at radius 3 is 2.35 bits per heavy atom. The molecule has 4 aliphatic carbocycles. The van der Waals surface area contributed by atoms with E-state index in [9.17, 15) is 0 Å². The first-order chi connectivity index (χ1) is 9.29. The predicted octanol–water partition coefficient (Wildman–Crippen LogP) is 4.95. The lowest BCUT2D eigenvalue weighted by Crippen LogP contribution is -2.56. The van der Waals surface area contributed by atoms with E-state index in [-0.39, 0.29) is 0 Å². The monoisotopic (exact) mass is 336 g/mol. The largest absolute Gasteiger partial charge is 0.268 e. The Kier molecular flexibility index (Phi) is 2.61. The number of nitrogens with zero attached hydrogens (tertiary/aromatic N) is 2. The van der Waals surface area contributed by atoms with E-state index in [0.29, 0.717) is 16.2 Å². The maximum absolute atomic E-state index is 4.67. The lowest BCUT2D eigenvalue weighted by molar-refractivity contribution is -0.151. The van der Waals surface area contributed by atoms with Crippen LogP contribution in [0.3, 0.4) is 0 Å². The minimum atomic E-state index is 0.513. The number of hydrogen-bond donors (Lipinski definition) is 0. The lowest BCUT2D eigenvalue weighted by atomic mass is 9.40. The van der Waals surface area contributed by atoms with Crippen molar-refractivity contribution < 1.29 is 0 Å². The molecule has 4 fully saturated rings. The molecule has 4 bridgehead atoms. The smallest absolute Gasteiger partial charge is 0.128 e. The second-order valence-electron chi connectivity index (χ2n) is 8.90. The van der Waals surface area contributed by atoms with E-state index in [1.54, 1.807) is 0 Å². The molecule has 2 unspecified atom stereocenters. The Labute approximate surface area is 130 Å². The summed E-state index contributed by atoms with van der Waals surface area (Å²) in [6.07, 6.45) is 8.69. The standard InChI is InChI=1S/C17H25BrN2/c1-12-4-14(18)19-20(12)11-17-7-13-5-15(2,9-17)8-16(3,6-13)10-17/h4,13H,5-11H2,1-3H3. The molecule has 2 atom stereocenters. The summed E-state index contributed by atoms with van der Waals surface area (Å²) >= 11 is 3.52. The van der Waals surface area contributed by atoms with Gasteiger partial charge in [-0.2, -0.15) is 5.10 Å². The van der Waals surface area contributed by atoms with Crippen molar-refractivity contribution >= 4 is 15.9 Å². The van der Waals surface area contributed by atoms with Crippen LogP contribution < -0.4 is 0 Å². The van der Waals surface area contributed by atoms with Gasteiger partial charge in [-0.25, -0.2) is 0 Å². The van der Waals surface area contributed by atoms with Crippen LogP contribution in [0, 0.1) is 29.1 Å². The van der Waals surface area contributed by atoms with Crippen molar-refractivity contribution in [3.05, 3.63) is 16.4 Å². The van der Waals surface area contributed by atoms with E-state index >= 15 is 0 Å². The van der Waals surface area contributed by atoms with Crippen LogP contribution in [0.25, 0.3) is 0 Å². The summed E-state index contributed by atoms with van der Waals surface area (Å²) in [5.74, 6) is 0.973. The van der Waals surface area contributed by atoms with Crippen molar-refractivity contribution in [1.82, 2.24) is 9.78 Å². The van der Waals surface area contributed by atoms with E-state index in [1.807, 2.05) is 0 Å². The molecule has 0 radical (unpaired) electrons. The molecule has 4 aliphatic rings. The van der Waals surface area contributed by atoms with Gasteiger partial charge >= 0.3 is 0 Å². The summed E-state index contributed by atoms with van der Waals surface area (Å²) in [6.45, 7) is 8.42. The van der Waals surface area contributed by atoms with Crippen molar-refractivity contribution in [2.75, 3.05) is 0 Å². The fraction of sp³-hybridized carbons (Fsp3) is 0.824. The summed E-state index contributed by atoms with van der Waals surface area (Å²) in [7, 11) is 0. The van der Waals surface area contributed by atoms with Gasteiger partial charge in [-0.15, -0.1) is 0 Å². The van der Waals surface area contributed by atoms with Crippen molar-refractivity contribution in [2.45, 2.75) is 65.8 Å². The predicted molar refractivity (Wildman–Crippen MR) is 84.5 cm³/mol. The average Bonchev–Trinajstić information content (AvgIpc) is 2.50. The molecule has 110 valence electrons. The molecule has 1 aromatic heterocycles. The van der Waals surface area contributed by atoms with Crippen LogP contribution in [0.2, 0.25) is 0 Å². The third-order valence-electron chi connectivity index (χ3n) is 6.18. The highest BCUT2D eigenvalue weighted by molar-refractivity contribution is 9.10. The van der Waals surface area contributed by atoms with Crippen LogP contribution in [-0.4, -0.2) is 9.78 Å². The second kappa shape index (κ2) is 3.91. The third kappa shape index (κ3) is 2.00. The van der Waals surface area contributed by atoms with Crippen LogP contribution in [0.15, 0.2) is 10.7 Å². The highest BCUT2D eigenvalue weighted by atomic mass is 79.9. The molecule has 0 N–H and O–H groups in total. The zero-order valence-corrected chi connectivity index (χ0v) is 14.5. The first-order valence-corrected chi connectivity index (χ1v) is 8.78. The van der Waals surface area contributed by atoms with Crippen LogP contribution in [-0.2, 0) is 6.54 Å². The van der Waals surface area contributed by atoms with Gasteiger partial charge in [0, 0.05) is 12.2 Å². The van der Waals surface area contributed by atoms with Crippen molar-refractivity contribution in [3.8, 4) is 0 Å². The lowest BCUT2D eigenvalue weighted by Gasteiger charge is -2.65. The van der Waals surface area contributed by atoms with Gasteiger partial charge in [0.25, 0.3) is 0 Å². The molecule has 1 aromatic rings. The number of rotatable bonds is 2. The molecule has 5 rings (SSSR count). The van der Waals surface area contributed by atoms with Gasteiger partial charge in [0.1, 0.15) is 4.60 Å². The number of hydrogen-bond acceptors (Lipinski definition) is 1. The van der Waals surface area contributed by atoms with Gasteiger partial charge < -0.3 is 0 Å². The first kappa shape index (κ1) is 13.4. The summed E-state index contributed by atoms with van der Waals surface area (Å²) in [6, 6.07) is 2.14. The Morgan fingerprint density at radius 1 is 1.20 bits per heavy atom. The molecule has 0 aliphatic heterocycles. The zero-order valence-electron chi connectivity index (χ0n) is 12.9. The molecule has 4 saturated carbocycles. The molecular formula is C17H25BrN2. The number of aryl methyl sites for hydroxylation is 1. The minimum absolute atomic E-state index is 0.513. The van der Waals surface area contributed by atoms with Gasteiger partial charge in [0.15, 0.2) is 0 Å². The Hall–Kier alpha value is -0.310. The highest BCUT2D eigenvalue weighted by Gasteiger charge is 2.60. The first-order valence-electron chi connectivity index (χ1n) is 7.99. The topological polar surface area (TPSA) is 17.8 Å². The van der Waals surface area contributed by atoms with E-state index in [4.69, 9.17) is 0 Å². The van der Waals surface area contributed by atoms with Crippen LogP contribution in [0.5, 0.6) is 0 Å². The Morgan fingerprint density at radius 2 is 1.85 bits per heavy atom. The maximum atomic E-state index is 4.67. The zero-order chi connectivity index (χ0) is 14.2. The molecule has 0 aromatic carbocycles. The summed E-state index contributed by atoms with van der Waals surface area (Å²) in [5.41, 5.74) is 3.01. The molecule has 20 heavy (non-hydrogen) atoms. The number of aromatic nitrogens is 2. The normalized spacial score (nSPS) is 46.1. The fourth-order valence-electron chi connectivity index (χ4n) is 6.81. The maximum Gasteiger partial charge on any atom is 0.128 e. The second-order valence-corrected chi connectivity index (χ2v) is 9.71. The molecule has 0 amide bonds. The number of halogens is 1. The van der Waals surface area contributed by atoms with E-state index in [1.165, 1.54) is 44.2 Å². The summed E-state index contributed by atoms with van der Waals surface area (Å²) in [5, 5.41) is 4.67. The third-order valence-corrected chi connectivity index (χ3v) is 6.57. The van der Waals surface area contributed by atoms with E-state index in [0.717, 1.165) is 17.1 Å². The van der Waals surface area contributed by atoms with Gasteiger partial charge in [0.2, 0.25) is 0 Å². The Bertz CT molecular complexity index is 543. The van der Waals surface area contributed by atoms with Crippen molar-refractivity contribution in [3.63, 3.8) is 0 Å². The summed E-state index contributed by atoms with van der Waals surface area (Å²) in [4.78, 5) is 0. The van der Waals surface area contributed by atoms with E-state index < -0.39 is 0 Å². The fourth-order valence-corrected chi connectivity index (χ4v) is 7.33. The van der Waals surface area contributed by atoms with Crippen molar-refractivity contribution in [2.24, 2.45) is 22.2 Å². The van der Waals surface area contributed by atoms with Gasteiger partial charge in [-0.05, 0) is 89.6 Å². The highest BCUT2D eigenvalue weighted by Crippen LogP contribution is 2.69. The quantitative estimate of drug-likeness (QED) is 0.746. The molecule has 3 heteroatoms. The van der Waals surface area contributed by atoms with Crippen LogP contribution in [0.1, 0.15) is 58.1 Å². The molecular weight excluding hydrogens is 312 g/mol. The van der Waals surface area contributed by atoms with Crippen LogP contribution in [0.4, 0.5) is 0 Å². The molecule has 2 nitrogen and oxygen atoms in total. The molecule has 0 saturated heterocycles. The Balaban J connectivity index is 1.69. The minimum Gasteiger partial charge on any atom is -0.268 e. The van der Waals surface area contributed by atoms with Gasteiger partial charge in [-0.3, -0.25) is 4.68 Å².